The molecule has 0 fully saturated rings. The molecule has 0 radical (unpaired) electrons. The van der Waals surface area contributed by atoms with Crippen LogP contribution in [0, 0.1) is 0 Å². The molecule has 198 valence electrons. The standard InChI is InChI=1S/C11H15N5O.C8H6N2O2.F6P/c1-3-13-11(8-12-2)17-16-10-7-5-4-6-9(10)14-15-16;11-8(12)7-5-3-1-2-4-6(5)9-10-7;1-7(2,3,4,5)6/h4-7,12H,3,8H2,1-2H3;1-4H,(H,9,10)(H,11,12);/q;;-1. The van der Waals surface area contributed by atoms with Crippen molar-refractivity contribution in [1.82, 2.24) is 30.7 Å². The molecule has 0 saturated carbocycles. The minimum absolute atomic E-state index is 0.0746. The number of aromatic nitrogens is 5. The van der Waals surface area contributed by atoms with Gasteiger partial charge in [-0.2, -0.15) is 5.10 Å². The number of para-hydroxylation sites is 2. The van der Waals surface area contributed by atoms with Gasteiger partial charge in [-0.05, 0) is 37.4 Å². The molecule has 17 heteroatoms. The van der Waals surface area contributed by atoms with Crippen LogP contribution >= 0.6 is 7.81 Å². The first-order valence-electron chi connectivity index (χ1n) is 9.98. The van der Waals surface area contributed by atoms with Gasteiger partial charge in [0.25, 0.3) is 0 Å². The number of H-pyrrole nitrogens is 1. The van der Waals surface area contributed by atoms with E-state index in [2.05, 4.69) is 30.8 Å². The van der Waals surface area contributed by atoms with Crippen LogP contribution in [0.2, 0.25) is 0 Å². The quantitative estimate of drug-likeness (QED) is 0.138. The van der Waals surface area contributed by atoms with Crippen molar-refractivity contribution in [3.05, 3.63) is 54.2 Å². The van der Waals surface area contributed by atoms with Gasteiger partial charge in [0.15, 0.2) is 5.69 Å². The van der Waals surface area contributed by atoms with Crippen molar-refractivity contribution in [1.29, 1.82) is 0 Å². The van der Waals surface area contributed by atoms with Crippen LogP contribution in [0.25, 0.3) is 21.9 Å². The molecule has 4 rings (SSSR count). The smallest absolute Gasteiger partial charge is 0.357 e. The average molecular weight is 540 g/mol. The maximum Gasteiger partial charge on any atom is 0.357 e. The Morgan fingerprint density at radius 2 is 1.72 bits per heavy atom. The fourth-order valence-electron chi connectivity index (χ4n) is 2.59. The fraction of sp³-hybridized carbons (Fsp3) is 0.211. The van der Waals surface area contributed by atoms with E-state index in [-0.39, 0.29) is 5.69 Å². The van der Waals surface area contributed by atoms with Crippen molar-refractivity contribution >= 4 is 41.6 Å². The Hall–Kier alpha value is -3.78. The third-order valence-electron chi connectivity index (χ3n) is 3.85. The summed E-state index contributed by atoms with van der Waals surface area (Å²) in [5.41, 5.74) is 2.45. The van der Waals surface area contributed by atoms with E-state index < -0.39 is 13.8 Å². The third kappa shape index (κ3) is 10.2. The molecule has 4 aromatic rings. The van der Waals surface area contributed by atoms with Crippen LogP contribution in [0.3, 0.4) is 0 Å². The summed E-state index contributed by atoms with van der Waals surface area (Å²) in [6, 6.07) is 14.7. The molecule has 0 unspecified atom stereocenters. The number of aliphatic imine (C=N–C) groups is 1. The number of rotatable bonds is 5. The maximum atomic E-state index is 10.6. The normalized spacial score (nSPS) is 13.6. The average Bonchev–Trinajstić information content (AvgIpc) is 3.37. The second-order valence-corrected chi connectivity index (χ2v) is 8.74. The number of carbonyl (C=O) groups is 1. The predicted octanol–water partition coefficient (Wildman–Crippen LogP) is 5.14. The molecule has 0 amide bonds. The largest absolute Gasteiger partial charge is 0.476 e. The maximum absolute atomic E-state index is 10.7. The van der Waals surface area contributed by atoms with Crippen LogP contribution in [-0.4, -0.2) is 62.5 Å². The van der Waals surface area contributed by atoms with Crippen molar-refractivity contribution in [2.24, 2.45) is 4.99 Å². The zero-order valence-electron chi connectivity index (χ0n) is 18.7. The summed E-state index contributed by atoms with van der Waals surface area (Å²) in [7, 11) is -8.82. The van der Waals surface area contributed by atoms with Crippen LogP contribution in [0.5, 0.6) is 0 Å². The monoisotopic (exact) mass is 540 g/mol. The minimum Gasteiger partial charge on any atom is -0.476 e. The summed E-state index contributed by atoms with van der Waals surface area (Å²) in [6.45, 7) is 3.18. The van der Waals surface area contributed by atoms with Gasteiger partial charge in [-0.15, -0.1) is 5.10 Å². The van der Waals surface area contributed by atoms with Gasteiger partial charge in [-0.1, -0.05) is 35.2 Å². The van der Waals surface area contributed by atoms with Gasteiger partial charge in [-0.3, -0.25) is 10.1 Å². The zero-order chi connectivity index (χ0) is 27.0. The Bertz CT molecular complexity index is 1350. The minimum atomic E-state index is -10.7. The molecule has 36 heavy (non-hydrogen) atoms. The molecule has 0 aliphatic heterocycles. The van der Waals surface area contributed by atoms with E-state index in [1.807, 2.05) is 44.3 Å². The molecule has 0 bridgehead atoms. The van der Waals surface area contributed by atoms with Crippen molar-refractivity contribution in [2.75, 3.05) is 20.1 Å². The van der Waals surface area contributed by atoms with E-state index in [1.165, 1.54) is 4.85 Å². The van der Waals surface area contributed by atoms with Crippen molar-refractivity contribution in [3.63, 3.8) is 0 Å². The number of aromatic carboxylic acids is 1. The van der Waals surface area contributed by atoms with Crippen molar-refractivity contribution < 1.29 is 39.9 Å². The number of carboxylic acid groups (broad SMARTS) is 1. The van der Waals surface area contributed by atoms with Crippen LogP contribution in [0.1, 0.15) is 17.4 Å². The third-order valence-corrected chi connectivity index (χ3v) is 3.85. The molecular weight excluding hydrogens is 519 g/mol. The van der Waals surface area contributed by atoms with Gasteiger partial charge in [0.1, 0.15) is 11.0 Å². The van der Waals surface area contributed by atoms with E-state index in [9.17, 15) is 30.0 Å². The molecule has 0 atom stereocenters. The molecule has 10 nitrogen and oxygen atoms in total. The topological polar surface area (TPSA) is 130 Å². The van der Waals surface area contributed by atoms with Crippen LogP contribution in [-0.2, 0) is 0 Å². The van der Waals surface area contributed by atoms with Gasteiger partial charge in [0, 0.05) is 11.9 Å². The number of fused-ring (bicyclic) bond motifs is 2. The molecule has 3 N–H and O–H groups in total. The van der Waals surface area contributed by atoms with Gasteiger partial charge in [0.2, 0.25) is 5.90 Å². The van der Waals surface area contributed by atoms with E-state index in [0.717, 1.165) is 16.6 Å². The van der Waals surface area contributed by atoms with Gasteiger partial charge < -0.3 is 15.3 Å². The molecule has 2 aromatic heterocycles. The fourth-order valence-corrected chi connectivity index (χ4v) is 2.59. The summed E-state index contributed by atoms with van der Waals surface area (Å²) < 4.78 is 59.2. The predicted molar refractivity (Wildman–Crippen MR) is 123 cm³/mol. The zero-order valence-corrected chi connectivity index (χ0v) is 19.6. The molecule has 2 heterocycles. The molecular formula is C19H21F6N7O3P-. The van der Waals surface area contributed by atoms with E-state index in [0.29, 0.717) is 24.4 Å². The number of nitrogens with one attached hydrogen (secondary N) is 2. The summed E-state index contributed by atoms with van der Waals surface area (Å²) in [6.07, 6.45) is 0. The second kappa shape index (κ2) is 10.5. The SMILES string of the molecule is CCN=C(CNC)On1nnc2ccccc21.F[P-](F)(F)(F)(F)F.O=C(O)c1n[nH]c2ccccc12. The van der Waals surface area contributed by atoms with Crippen LogP contribution < -0.4 is 10.2 Å². The number of nitrogens with zero attached hydrogens (tertiary/aromatic N) is 5. The van der Waals surface area contributed by atoms with E-state index >= 15 is 0 Å². The number of likely N-dealkylation sites (N-methyl/N-ethyl adjacent to an activating group) is 1. The number of halogens is 6. The summed E-state index contributed by atoms with van der Waals surface area (Å²) in [5.74, 6) is -0.418. The Kier molecular flexibility index (Phi) is 8.26. The van der Waals surface area contributed by atoms with Crippen LogP contribution in [0.4, 0.5) is 25.2 Å². The van der Waals surface area contributed by atoms with Crippen molar-refractivity contribution in [2.45, 2.75) is 6.92 Å². The van der Waals surface area contributed by atoms with E-state index in [1.54, 1.807) is 18.2 Å². The molecule has 2 aromatic carbocycles. The summed E-state index contributed by atoms with van der Waals surface area (Å²) in [5, 5.41) is 26.6. The van der Waals surface area contributed by atoms with Crippen LogP contribution in [0.15, 0.2) is 53.5 Å². The second-order valence-electron chi connectivity index (χ2n) is 6.82. The molecule has 0 aliphatic carbocycles. The Morgan fingerprint density at radius 3 is 2.33 bits per heavy atom. The van der Waals surface area contributed by atoms with Gasteiger partial charge in [-0.25, -0.2) is 4.79 Å². The van der Waals surface area contributed by atoms with Crippen molar-refractivity contribution in [3.8, 4) is 0 Å². The Labute approximate surface area is 199 Å². The number of aromatic amines is 1. The number of benzene rings is 2. The number of carboxylic acids is 1. The molecule has 0 spiro atoms. The molecule has 0 saturated heterocycles. The first-order chi connectivity index (χ1) is 16.6. The van der Waals surface area contributed by atoms with Gasteiger partial charge >= 0.3 is 39.0 Å². The number of hydrogen-bond acceptors (Lipinski definition) is 7. The van der Waals surface area contributed by atoms with E-state index in [4.69, 9.17) is 9.94 Å². The first kappa shape index (κ1) is 28.5. The first-order valence-corrected chi connectivity index (χ1v) is 12.0. The Morgan fingerprint density at radius 1 is 1.11 bits per heavy atom. The number of hydrogen-bond donors (Lipinski definition) is 3. The van der Waals surface area contributed by atoms with Gasteiger partial charge in [0.05, 0.1) is 12.1 Å². The summed E-state index contributed by atoms with van der Waals surface area (Å²) >= 11 is 0. The molecule has 0 aliphatic rings. The summed E-state index contributed by atoms with van der Waals surface area (Å²) in [4.78, 5) is 21.8. The Balaban J connectivity index is 0.000000209.